The molecule has 1 heterocycles. The summed E-state index contributed by atoms with van der Waals surface area (Å²) in [5.41, 5.74) is 3.33. The first-order chi connectivity index (χ1) is 10.2. The summed E-state index contributed by atoms with van der Waals surface area (Å²) in [5, 5.41) is 3.40. The molecule has 1 fully saturated rings. The molecule has 0 aromatic heterocycles. The van der Waals surface area contributed by atoms with Gasteiger partial charge >= 0.3 is 0 Å². The number of fused-ring (bicyclic) bond motifs is 1. The molecule has 3 nitrogen and oxygen atoms in total. The van der Waals surface area contributed by atoms with Crippen LogP contribution < -0.4 is 5.32 Å². The van der Waals surface area contributed by atoms with Crippen LogP contribution in [0.1, 0.15) is 54.4 Å². The predicted molar refractivity (Wildman–Crippen MR) is 86.8 cm³/mol. The van der Waals surface area contributed by atoms with Crippen LogP contribution in [-0.4, -0.2) is 30.9 Å². The molecule has 0 radical (unpaired) electrons. The van der Waals surface area contributed by atoms with E-state index in [0.717, 1.165) is 31.5 Å². The fourth-order valence-electron chi connectivity index (χ4n) is 3.67. The zero-order chi connectivity index (χ0) is 14.7. The van der Waals surface area contributed by atoms with Gasteiger partial charge in [-0.1, -0.05) is 19.3 Å². The minimum Gasteiger partial charge on any atom is -0.385 e. The Labute approximate surface area is 127 Å². The fourth-order valence-corrected chi connectivity index (χ4v) is 3.67. The second-order valence-corrected chi connectivity index (χ2v) is 6.59. The van der Waals surface area contributed by atoms with E-state index in [-0.39, 0.29) is 5.91 Å². The molecule has 1 aliphatic carbocycles. The first-order valence-corrected chi connectivity index (χ1v) is 8.36. The van der Waals surface area contributed by atoms with Crippen molar-refractivity contribution < 1.29 is 4.79 Å². The molecule has 1 amide bonds. The van der Waals surface area contributed by atoms with Gasteiger partial charge in [-0.3, -0.25) is 4.79 Å². The van der Waals surface area contributed by atoms with Gasteiger partial charge in [0, 0.05) is 31.4 Å². The summed E-state index contributed by atoms with van der Waals surface area (Å²) in [4.78, 5) is 14.5. The molecule has 1 aromatic carbocycles. The first-order valence-electron chi connectivity index (χ1n) is 8.36. The maximum Gasteiger partial charge on any atom is 0.253 e. The van der Waals surface area contributed by atoms with E-state index in [1.54, 1.807) is 0 Å². The number of hydrogen-bond acceptors (Lipinski definition) is 2. The zero-order valence-corrected chi connectivity index (χ0v) is 13.0. The SMILES string of the molecule is CN(CC1CCCCC1)C(=O)c1ccc2c(c1)CCCN2. The highest BCUT2D eigenvalue weighted by atomic mass is 16.2. The lowest BCUT2D eigenvalue weighted by Gasteiger charge is -2.27. The van der Waals surface area contributed by atoms with Gasteiger partial charge < -0.3 is 10.2 Å². The summed E-state index contributed by atoms with van der Waals surface area (Å²) in [6.45, 7) is 1.95. The third-order valence-corrected chi connectivity index (χ3v) is 4.89. The standard InChI is InChI=1S/C18H26N2O/c1-20(13-14-6-3-2-4-7-14)18(21)16-9-10-17-15(12-16)8-5-11-19-17/h9-10,12,14,19H,2-8,11,13H2,1H3. The Morgan fingerprint density at radius 3 is 2.86 bits per heavy atom. The Morgan fingerprint density at radius 1 is 1.24 bits per heavy atom. The normalized spacial score (nSPS) is 18.7. The molecule has 1 aromatic rings. The van der Waals surface area contributed by atoms with Crippen LogP contribution in [0, 0.1) is 5.92 Å². The number of nitrogens with one attached hydrogen (secondary N) is 1. The Morgan fingerprint density at radius 2 is 2.05 bits per heavy atom. The van der Waals surface area contributed by atoms with Crippen LogP contribution in [0.4, 0.5) is 5.69 Å². The van der Waals surface area contributed by atoms with Crippen molar-refractivity contribution in [2.24, 2.45) is 5.92 Å². The number of amides is 1. The highest BCUT2D eigenvalue weighted by Gasteiger charge is 2.20. The molecular weight excluding hydrogens is 260 g/mol. The molecule has 114 valence electrons. The maximum atomic E-state index is 12.6. The summed E-state index contributed by atoms with van der Waals surface area (Å²) in [7, 11) is 1.95. The monoisotopic (exact) mass is 286 g/mol. The number of nitrogens with zero attached hydrogens (tertiary/aromatic N) is 1. The number of rotatable bonds is 3. The molecule has 0 unspecified atom stereocenters. The van der Waals surface area contributed by atoms with Gasteiger partial charge in [0.15, 0.2) is 0 Å². The van der Waals surface area contributed by atoms with Gasteiger partial charge in [-0.2, -0.15) is 0 Å². The number of hydrogen-bond donors (Lipinski definition) is 1. The lowest BCUT2D eigenvalue weighted by atomic mass is 9.89. The van der Waals surface area contributed by atoms with E-state index in [9.17, 15) is 4.79 Å². The first kappa shape index (κ1) is 14.4. The molecule has 21 heavy (non-hydrogen) atoms. The van der Waals surface area contributed by atoms with Gasteiger partial charge in [-0.05, 0) is 55.4 Å². The van der Waals surface area contributed by atoms with Crippen molar-refractivity contribution >= 4 is 11.6 Å². The molecule has 0 spiro atoms. The number of carbonyl (C=O) groups excluding carboxylic acids is 1. The molecule has 3 rings (SSSR count). The summed E-state index contributed by atoms with van der Waals surface area (Å²) in [6.07, 6.45) is 8.83. The predicted octanol–water partition coefficient (Wildman–Crippen LogP) is 3.70. The third-order valence-electron chi connectivity index (χ3n) is 4.89. The van der Waals surface area contributed by atoms with Crippen molar-refractivity contribution in [3.63, 3.8) is 0 Å². The lowest BCUT2D eigenvalue weighted by Crippen LogP contribution is -2.32. The minimum absolute atomic E-state index is 0.175. The molecule has 1 saturated carbocycles. The third kappa shape index (κ3) is 3.39. The number of anilines is 1. The van der Waals surface area contributed by atoms with Crippen LogP contribution in [0.25, 0.3) is 0 Å². The van der Waals surface area contributed by atoms with E-state index in [0.29, 0.717) is 5.92 Å². The summed E-state index contributed by atoms with van der Waals surface area (Å²) in [6, 6.07) is 6.12. The van der Waals surface area contributed by atoms with Crippen LogP contribution >= 0.6 is 0 Å². The van der Waals surface area contributed by atoms with Gasteiger partial charge in [0.05, 0.1) is 0 Å². The van der Waals surface area contributed by atoms with Gasteiger partial charge in [-0.25, -0.2) is 0 Å². The van der Waals surface area contributed by atoms with Gasteiger partial charge in [-0.15, -0.1) is 0 Å². The van der Waals surface area contributed by atoms with Crippen LogP contribution in [0.15, 0.2) is 18.2 Å². The maximum absolute atomic E-state index is 12.6. The number of benzene rings is 1. The largest absolute Gasteiger partial charge is 0.385 e. The van der Waals surface area contributed by atoms with Crippen molar-refractivity contribution in [3.8, 4) is 0 Å². The molecule has 3 heteroatoms. The second-order valence-electron chi connectivity index (χ2n) is 6.59. The Balaban J connectivity index is 1.66. The molecular formula is C18H26N2O. The van der Waals surface area contributed by atoms with Crippen LogP contribution in [0.2, 0.25) is 0 Å². The van der Waals surface area contributed by atoms with E-state index in [2.05, 4.69) is 17.4 Å². The average molecular weight is 286 g/mol. The zero-order valence-electron chi connectivity index (χ0n) is 13.0. The van der Waals surface area contributed by atoms with E-state index >= 15 is 0 Å². The van der Waals surface area contributed by atoms with Crippen LogP contribution in [-0.2, 0) is 6.42 Å². The molecule has 0 bridgehead atoms. The summed E-state index contributed by atoms with van der Waals surface area (Å²) >= 11 is 0. The van der Waals surface area contributed by atoms with Gasteiger partial charge in [0.1, 0.15) is 0 Å². The molecule has 0 saturated heterocycles. The van der Waals surface area contributed by atoms with E-state index in [1.165, 1.54) is 43.4 Å². The molecule has 2 aliphatic rings. The van der Waals surface area contributed by atoms with Gasteiger partial charge in [0.2, 0.25) is 0 Å². The quantitative estimate of drug-likeness (QED) is 0.919. The van der Waals surface area contributed by atoms with Crippen molar-refractivity contribution in [2.75, 3.05) is 25.5 Å². The molecule has 0 atom stereocenters. The number of aryl methyl sites for hydroxylation is 1. The van der Waals surface area contributed by atoms with E-state index < -0.39 is 0 Å². The Hall–Kier alpha value is -1.51. The Bertz CT molecular complexity index is 506. The highest BCUT2D eigenvalue weighted by Crippen LogP contribution is 2.26. The average Bonchev–Trinajstić information content (AvgIpc) is 2.54. The topological polar surface area (TPSA) is 32.3 Å². The van der Waals surface area contributed by atoms with Crippen LogP contribution in [0.3, 0.4) is 0 Å². The highest BCUT2D eigenvalue weighted by molar-refractivity contribution is 5.94. The van der Waals surface area contributed by atoms with Gasteiger partial charge in [0.25, 0.3) is 5.91 Å². The van der Waals surface area contributed by atoms with Crippen LogP contribution in [0.5, 0.6) is 0 Å². The molecule has 1 aliphatic heterocycles. The fraction of sp³-hybridized carbons (Fsp3) is 0.611. The minimum atomic E-state index is 0.175. The van der Waals surface area contributed by atoms with E-state index in [1.807, 2.05) is 18.0 Å². The smallest absolute Gasteiger partial charge is 0.253 e. The second kappa shape index (κ2) is 6.50. The molecule has 1 N–H and O–H groups in total. The van der Waals surface area contributed by atoms with Crippen molar-refractivity contribution in [1.29, 1.82) is 0 Å². The van der Waals surface area contributed by atoms with Crippen molar-refractivity contribution in [3.05, 3.63) is 29.3 Å². The lowest BCUT2D eigenvalue weighted by molar-refractivity contribution is 0.0760. The van der Waals surface area contributed by atoms with E-state index in [4.69, 9.17) is 0 Å². The summed E-state index contributed by atoms with van der Waals surface area (Å²) in [5.74, 6) is 0.876. The number of carbonyl (C=O) groups is 1. The van der Waals surface area contributed by atoms with Crippen molar-refractivity contribution in [2.45, 2.75) is 44.9 Å². The Kier molecular flexibility index (Phi) is 4.47. The summed E-state index contributed by atoms with van der Waals surface area (Å²) < 4.78 is 0. The van der Waals surface area contributed by atoms with Crippen molar-refractivity contribution in [1.82, 2.24) is 4.90 Å².